The van der Waals surface area contributed by atoms with E-state index in [9.17, 15) is 0 Å². The lowest BCUT2D eigenvalue weighted by Crippen LogP contribution is -2.52. The quantitative estimate of drug-likeness (QED) is 0.727. The Kier molecular flexibility index (Phi) is 3.10. The maximum Gasteiger partial charge on any atom is 0.0821 e. The molecular formula is C15H23NO. The van der Waals surface area contributed by atoms with Gasteiger partial charge in [-0.05, 0) is 42.7 Å². The molecule has 94 valence electrons. The van der Waals surface area contributed by atoms with Gasteiger partial charge in [-0.2, -0.15) is 0 Å². The lowest BCUT2D eigenvalue weighted by atomic mass is 9.80. The third kappa shape index (κ3) is 2.09. The Hall–Kier alpha value is -0.600. The first-order valence-corrected chi connectivity index (χ1v) is 6.93. The Bertz CT molecular complexity index is 352. The monoisotopic (exact) mass is 233 g/mol. The maximum atomic E-state index is 5.63. The fourth-order valence-electron chi connectivity index (χ4n) is 3.57. The fraction of sp³-hybridized carbons (Fsp3) is 0.733. The van der Waals surface area contributed by atoms with Gasteiger partial charge in [-0.3, -0.25) is 4.90 Å². The molecule has 0 spiro atoms. The maximum absolute atomic E-state index is 5.63. The zero-order valence-electron chi connectivity index (χ0n) is 11.0. The second-order valence-corrected chi connectivity index (χ2v) is 5.87. The molecule has 1 aliphatic heterocycles. The number of rotatable bonds is 2. The van der Waals surface area contributed by atoms with Crippen molar-refractivity contribution >= 4 is 0 Å². The highest BCUT2D eigenvalue weighted by Crippen LogP contribution is 2.37. The Morgan fingerprint density at radius 1 is 1.35 bits per heavy atom. The normalized spacial score (nSPS) is 34.7. The molecule has 0 radical (unpaired) electrons. The van der Waals surface area contributed by atoms with Crippen LogP contribution in [0.3, 0.4) is 0 Å². The molecule has 2 unspecified atom stereocenters. The van der Waals surface area contributed by atoms with Gasteiger partial charge in [0, 0.05) is 26.2 Å². The largest absolute Gasteiger partial charge is 0.377 e. The third-order valence-electron chi connectivity index (χ3n) is 4.57. The average molecular weight is 233 g/mol. The lowest BCUT2D eigenvalue weighted by Gasteiger charge is -2.46. The highest BCUT2D eigenvalue weighted by Gasteiger charge is 2.34. The summed E-state index contributed by atoms with van der Waals surface area (Å²) in [7, 11) is 1.85. The minimum Gasteiger partial charge on any atom is -0.377 e. The highest BCUT2D eigenvalue weighted by atomic mass is 16.5. The van der Waals surface area contributed by atoms with Gasteiger partial charge in [0.05, 0.1) is 6.10 Å². The van der Waals surface area contributed by atoms with E-state index in [1.165, 1.54) is 32.4 Å². The van der Waals surface area contributed by atoms with Crippen molar-refractivity contribution in [2.75, 3.05) is 20.2 Å². The van der Waals surface area contributed by atoms with E-state index in [4.69, 9.17) is 4.74 Å². The summed E-state index contributed by atoms with van der Waals surface area (Å²) in [5.41, 5.74) is 3.15. The third-order valence-corrected chi connectivity index (χ3v) is 4.57. The van der Waals surface area contributed by atoms with E-state index in [0.717, 1.165) is 18.4 Å². The molecule has 0 aromatic heterocycles. The molecule has 0 N–H and O–H groups in total. The van der Waals surface area contributed by atoms with Gasteiger partial charge in [0.25, 0.3) is 0 Å². The summed E-state index contributed by atoms with van der Waals surface area (Å²) in [5, 5.41) is 0. The van der Waals surface area contributed by atoms with E-state index in [1.807, 2.05) is 7.11 Å². The number of nitrogens with zero attached hydrogens (tertiary/aromatic N) is 1. The van der Waals surface area contributed by atoms with Crippen LogP contribution in [0.2, 0.25) is 0 Å². The molecule has 0 amide bonds. The Balaban J connectivity index is 1.71. The zero-order chi connectivity index (χ0) is 11.8. The molecule has 0 bridgehead atoms. The average Bonchev–Trinajstić information content (AvgIpc) is 2.33. The van der Waals surface area contributed by atoms with Gasteiger partial charge in [-0.15, -0.1) is 0 Å². The van der Waals surface area contributed by atoms with Crippen molar-refractivity contribution in [2.45, 2.75) is 44.8 Å². The zero-order valence-corrected chi connectivity index (χ0v) is 11.0. The molecule has 2 atom stereocenters. The van der Waals surface area contributed by atoms with Gasteiger partial charge in [0.2, 0.25) is 0 Å². The van der Waals surface area contributed by atoms with Crippen LogP contribution < -0.4 is 0 Å². The van der Waals surface area contributed by atoms with Crippen molar-refractivity contribution in [3.8, 4) is 0 Å². The van der Waals surface area contributed by atoms with E-state index >= 15 is 0 Å². The van der Waals surface area contributed by atoms with Crippen molar-refractivity contribution in [2.24, 2.45) is 5.92 Å². The predicted molar refractivity (Wildman–Crippen MR) is 70.0 cm³/mol. The van der Waals surface area contributed by atoms with E-state index in [2.05, 4.69) is 24.0 Å². The van der Waals surface area contributed by atoms with E-state index in [0.29, 0.717) is 6.10 Å². The van der Waals surface area contributed by atoms with Crippen molar-refractivity contribution in [3.63, 3.8) is 0 Å². The van der Waals surface area contributed by atoms with Gasteiger partial charge < -0.3 is 4.74 Å². The number of ether oxygens (including phenoxy) is 1. The molecule has 1 saturated heterocycles. The highest BCUT2D eigenvalue weighted by molar-refractivity contribution is 5.35. The summed E-state index contributed by atoms with van der Waals surface area (Å²) in [5.74, 6) is 0.912. The van der Waals surface area contributed by atoms with Crippen LogP contribution in [0.5, 0.6) is 0 Å². The first-order chi connectivity index (χ1) is 8.28. The van der Waals surface area contributed by atoms with Crippen molar-refractivity contribution < 1.29 is 4.74 Å². The molecule has 2 aliphatic carbocycles. The van der Waals surface area contributed by atoms with Crippen LogP contribution in [-0.2, 0) is 4.74 Å². The Morgan fingerprint density at radius 3 is 2.88 bits per heavy atom. The van der Waals surface area contributed by atoms with Crippen molar-refractivity contribution in [1.29, 1.82) is 0 Å². The number of methoxy groups -OCH3 is 1. The first kappa shape index (κ1) is 11.5. The molecule has 17 heavy (non-hydrogen) atoms. The Morgan fingerprint density at radius 2 is 2.18 bits per heavy atom. The van der Waals surface area contributed by atoms with Gasteiger partial charge in [0.15, 0.2) is 0 Å². The van der Waals surface area contributed by atoms with Crippen LogP contribution in [0.25, 0.3) is 0 Å². The van der Waals surface area contributed by atoms with Crippen LogP contribution in [-0.4, -0.2) is 37.2 Å². The number of hydrogen-bond donors (Lipinski definition) is 0. The molecule has 3 aliphatic rings. The van der Waals surface area contributed by atoms with Crippen LogP contribution in [0.15, 0.2) is 23.3 Å². The smallest absolute Gasteiger partial charge is 0.0821 e. The first-order valence-electron chi connectivity index (χ1n) is 6.93. The number of hydrogen-bond acceptors (Lipinski definition) is 2. The van der Waals surface area contributed by atoms with Gasteiger partial charge >= 0.3 is 0 Å². The van der Waals surface area contributed by atoms with Gasteiger partial charge in [-0.1, -0.05) is 19.1 Å². The standard InChI is InChI=1S/C15H23NO/c1-11-9-16(10-11)13-7-6-12-4-3-5-15(17-2)14(12)8-13/h3-4,11,13,15H,5-10H2,1-2H3. The van der Waals surface area contributed by atoms with Crippen LogP contribution in [0.1, 0.15) is 32.6 Å². The minimum absolute atomic E-state index is 0.358. The molecule has 3 rings (SSSR count). The summed E-state index contributed by atoms with van der Waals surface area (Å²) in [6.45, 7) is 4.97. The molecule has 0 aromatic carbocycles. The van der Waals surface area contributed by atoms with Gasteiger partial charge in [-0.25, -0.2) is 0 Å². The SMILES string of the molecule is COC1CC=CC2=C1CC(N1CC(C)C1)CC2. The fourth-order valence-corrected chi connectivity index (χ4v) is 3.57. The van der Waals surface area contributed by atoms with Gasteiger partial charge in [0.1, 0.15) is 0 Å². The molecule has 1 fully saturated rings. The molecule has 1 heterocycles. The van der Waals surface area contributed by atoms with Crippen LogP contribution >= 0.6 is 0 Å². The number of likely N-dealkylation sites (tertiary alicyclic amines) is 1. The lowest BCUT2D eigenvalue weighted by molar-refractivity contribution is 0.0477. The summed E-state index contributed by atoms with van der Waals surface area (Å²) in [6.07, 6.45) is 9.87. The molecule has 2 nitrogen and oxygen atoms in total. The molecule has 0 aromatic rings. The van der Waals surface area contributed by atoms with Crippen LogP contribution in [0.4, 0.5) is 0 Å². The Labute approximate surface area is 104 Å². The second kappa shape index (κ2) is 4.58. The van der Waals surface area contributed by atoms with Crippen molar-refractivity contribution in [1.82, 2.24) is 4.90 Å². The molecular weight excluding hydrogens is 210 g/mol. The summed E-state index contributed by atoms with van der Waals surface area (Å²) < 4.78 is 5.63. The van der Waals surface area contributed by atoms with E-state index in [1.54, 1.807) is 11.1 Å². The van der Waals surface area contributed by atoms with Crippen LogP contribution in [0, 0.1) is 5.92 Å². The summed E-state index contributed by atoms with van der Waals surface area (Å²) in [6, 6.07) is 0.786. The predicted octanol–water partition coefficient (Wildman–Crippen LogP) is 2.76. The van der Waals surface area contributed by atoms with Crippen molar-refractivity contribution in [3.05, 3.63) is 23.3 Å². The second-order valence-electron chi connectivity index (χ2n) is 5.87. The summed E-state index contributed by atoms with van der Waals surface area (Å²) in [4.78, 5) is 2.67. The summed E-state index contributed by atoms with van der Waals surface area (Å²) >= 11 is 0. The van der Waals surface area contributed by atoms with E-state index < -0.39 is 0 Å². The van der Waals surface area contributed by atoms with E-state index in [-0.39, 0.29) is 0 Å². The minimum atomic E-state index is 0.358. The number of allylic oxidation sites excluding steroid dienone is 2. The topological polar surface area (TPSA) is 12.5 Å². The molecule has 0 saturated carbocycles. The molecule has 2 heteroatoms.